The molecular formula is C23H33F2N5O2. The molecule has 176 valence electrons. The van der Waals surface area contributed by atoms with Crippen LogP contribution in [-0.2, 0) is 4.74 Å². The minimum atomic E-state index is -3.00. The summed E-state index contributed by atoms with van der Waals surface area (Å²) in [7, 11) is 0. The van der Waals surface area contributed by atoms with Crippen LogP contribution in [-0.4, -0.2) is 60.1 Å². The fourth-order valence-electron chi connectivity index (χ4n) is 5.43. The lowest BCUT2D eigenvalue weighted by Gasteiger charge is -2.39. The van der Waals surface area contributed by atoms with E-state index in [9.17, 15) is 8.78 Å². The number of halogens is 2. The summed E-state index contributed by atoms with van der Waals surface area (Å²) < 4.78 is 35.3. The van der Waals surface area contributed by atoms with Crippen LogP contribution in [0.4, 0.5) is 14.6 Å². The lowest BCUT2D eigenvalue weighted by atomic mass is 10.00. The second-order valence-corrected chi connectivity index (χ2v) is 9.44. The topological polar surface area (TPSA) is 96.5 Å². The third-order valence-electron chi connectivity index (χ3n) is 6.83. The minimum Gasteiger partial charge on any atom is -0.431 e. The van der Waals surface area contributed by atoms with E-state index in [1.165, 1.54) is 25.1 Å². The van der Waals surface area contributed by atoms with Crippen molar-refractivity contribution in [2.45, 2.75) is 58.3 Å². The van der Waals surface area contributed by atoms with Crippen molar-refractivity contribution < 1.29 is 18.3 Å². The standard InChI is InChI=1S/C23H33F2N5O2/c1-12(2)29-19(9-18(26)14-6-20(32-23(24)25)22(27)28-10-14)21-16-7-15(8-17(16)21)30-4-5-31-11-13(30)3/h6,9-10,12-13,15-17,21,23,26,29H,4-5,7-8,11H2,1-3H3,(H2,27,28)/b19-9-,26-18?/t13-,15-,16+,17-,21-/m0/s1. The maximum Gasteiger partial charge on any atom is 0.387 e. The number of pyridine rings is 1. The van der Waals surface area contributed by atoms with Crippen molar-refractivity contribution in [1.29, 1.82) is 5.41 Å². The van der Waals surface area contributed by atoms with Gasteiger partial charge in [-0.1, -0.05) is 0 Å². The number of nitrogen functional groups attached to an aromatic ring is 1. The van der Waals surface area contributed by atoms with Crippen LogP contribution in [0.1, 0.15) is 39.2 Å². The summed E-state index contributed by atoms with van der Waals surface area (Å²) in [6.07, 6.45) is 5.57. The van der Waals surface area contributed by atoms with Gasteiger partial charge < -0.3 is 25.9 Å². The van der Waals surface area contributed by atoms with Crippen molar-refractivity contribution >= 4 is 11.5 Å². The maximum absolute atomic E-state index is 12.6. The van der Waals surface area contributed by atoms with Crippen LogP contribution >= 0.6 is 0 Å². The summed E-state index contributed by atoms with van der Waals surface area (Å²) in [6.45, 7) is 6.01. The van der Waals surface area contributed by atoms with Crippen LogP contribution in [0.25, 0.3) is 0 Å². The number of anilines is 1. The van der Waals surface area contributed by atoms with Crippen LogP contribution in [0.5, 0.6) is 5.75 Å². The molecule has 4 N–H and O–H groups in total. The molecule has 32 heavy (non-hydrogen) atoms. The molecule has 9 heteroatoms. The third kappa shape index (κ3) is 4.88. The molecule has 2 saturated carbocycles. The van der Waals surface area contributed by atoms with Gasteiger partial charge in [0.2, 0.25) is 0 Å². The van der Waals surface area contributed by atoms with Crippen LogP contribution in [0.15, 0.2) is 24.0 Å². The summed E-state index contributed by atoms with van der Waals surface area (Å²) in [5, 5.41) is 12.1. The third-order valence-corrected chi connectivity index (χ3v) is 6.83. The van der Waals surface area contributed by atoms with E-state index in [1.54, 1.807) is 0 Å². The van der Waals surface area contributed by atoms with E-state index in [1.807, 2.05) is 6.08 Å². The second kappa shape index (κ2) is 9.31. The SMILES string of the molecule is CC(C)N/C(=C\C(=N)c1cnc(N)c(OC(F)F)c1)[C@H]1[C@@H]2C[C@H](N3CCOC[C@@H]3C)C[C@@H]21. The Morgan fingerprint density at radius 1 is 1.38 bits per heavy atom. The van der Waals surface area contributed by atoms with Crippen molar-refractivity contribution in [3.05, 3.63) is 29.6 Å². The van der Waals surface area contributed by atoms with Crippen LogP contribution in [0, 0.1) is 23.2 Å². The Bertz CT molecular complexity index is 866. The number of fused-ring (bicyclic) bond motifs is 1. The van der Waals surface area contributed by atoms with E-state index in [4.69, 9.17) is 15.9 Å². The molecule has 1 aliphatic heterocycles. The van der Waals surface area contributed by atoms with Crippen molar-refractivity contribution in [1.82, 2.24) is 15.2 Å². The Kier molecular flexibility index (Phi) is 6.67. The first-order valence-electron chi connectivity index (χ1n) is 11.4. The molecule has 2 heterocycles. The van der Waals surface area contributed by atoms with Crippen molar-refractivity contribution in [2.75, 3.05) is 25.5 Å². The molecule has 1 aromatic heterocycles. The highest BCUT2D eigenvalue weighted by Crippen LogP contribution is 2.61. The smallest absolute Gasteiger partial charge is 0.387 e. The first kappa shape index (κ1) is 22.9. The van der Waals surface area contributed by atoms with Gasteiger partial charge >= 0.3 is 6.61 Å². The van der Waals surface area contributed by atoms with Crippen molar-refractivity contribution in [3.8, 4) is 5.75 Å². The summed E-state index contributed by atoms with van der Waals surface area (Å²) in [4.78, 5) is 6.52. The molecule has 3 aliphatic rings. The van der Waals surface area contributed by atoms with Gasteiger partial charge in [-0.2, -0.15) is 8.78 Å². The average Bonchev–Trinajstić information content (AvgIpc) is 3.22. The van der Waals surface area contributed by atoms with Crippen LogP contribution in [0.3, 0.4) is 0 Å². The molecule has 0 bridgehead atoms. The fourth-order valence-corrected chi connectivity index (χ4v) is 5.43. The second-order valence-electron chi connectivity index (χ2n) is 9.44. The lowest BCUT2D eigenvalue weighted by Crippen LogP contribution is -2.49. The number of hydrogen-bond donors (Lipinski definition) is 3. The molecule has 4 rings (SSSR count). The molecule has 0 unspecified atom stereocenters. The lowest BCUT2D eigenvalue weighted by molar-refractivity contribution is -0.0495. The molecule has 1 saturated heterocycles. The zero-order chi connectivity index (χ0) is 23.0. The van der Waals surface area contributed by atoms with E-state index in [0.717, 1.165) is 25.5 Å². The molecule has 0 aromatic carbocycles. The molecule has 0 amide bonds. The molecule has 3 fully saturated rings. The van der Waals surface area contributed by atoms with Crippen LogP contribution in [0.2, 0.25) is 0 Å². The summed E-state index contributed by atoms with van der Waals surface area (Å²) in [6, 6.07) is 2.65. The Morgan fingerprint density at radius 3 is 2.72 bits per heavy atom. The largest absolute Gasteiger partial charge is 0.431 e. The van der Waals surface area contributed by atoms with E-state index in [-0.39, 0.29) is 23.3 Å². The first-order valence-corrected chi connectivity index (χ1v) is 11.4. The first-order chi connectivity index (χ1) is 15.2. The molecule has 5 atom stereocenters. The number of nitrogens with one attached hydrogen (secondary N) is 2. The Hall–Kier alpha value is -2.26. The van der Waals surface area contributed by atoms with Gasteiger partial charge in [0.25, 0.3) is 0 Å². The number of ether oxygens (including phenoxy) is 2. The summed E-state index contributed by atoms with van der Waals surface area (Å²) in [5.41, 5.74) is 7.26. The molecule has 0 radical (unpaired) electrons. The summed E-state index contributed by atoms with van der Waals surface area (Å²) >= 11 is 0. The summed E-state index contributed by atoms with van der Waals surface area (Å²) in [5.74, 6) is 1.31. The van der Waals surface area contributed by atoms with Gasteiger partial charge in [0, 0.05) is 48.0 Å². The Balaban J connectivity index is 1.46. The highest BCUT2D eigenvalue weighted by molar-refractivity contribution is 6.07. The van der Waals surface area contributed by atoms with E-state index in [0.29, 0.717) is 35.4 Å². The number of nitrogens with zero attached hydrogens (tertiary/aromatic N) is 2. The average molecular weight is 450 g/mol. The fraction of sp³-hybridized carbons (Fsp3) is 0.652. The van der Waals surface area contributed by atoms with Gasteiger partial charge in [-0.05, 0) is 57.6 Å². The quantitative estimate of drug-likeness (QED) is 0.527. The van der Waals surface area contributed by atoms with Gasteiger partial charge in [0.05, 0.1) is 18.9 Å². The predicted octanol–water partition coefficient (Wildman–Crippen LogP) is 3.26. The number of morpholine rings is 1. The number of allylic oxidation sites excluding steroid dienone is 2. The molecule has 1 aromatic rings. The normalized spacial score (nSPS) is 30.5. The predicted molar refractivity (Wildman–Crippen MR) is 119 cm³/mol. The van der Waals surface area contributed by atoms with Gasteiger partial charge in [0.1, 0.15) is 0 Å². The molecule has 7 nitrogen and oxygen atoms in total. The zero-order valence-electron chi connectivity index (χ0n) is 18.9. The number of hydrogen-bond acceptors (Lipinski definition) is 7. The number of nitrogens with two attached hydrogens (primary N) is 1. The highest BCUT2D eigenvalue weighted by atomic mass is 19.3. The monoisotopic (exact) mass is 449 g/mol. The van der Waals surface area contributed by atoms with Crippen LogP contribution < -0.4 is 15.8 Å². The van der Waals surface area contributed by atoms with Gasteiger partial charge in [-0.25, -0.2) is 4.98 Å². The zero-order valence-corrected chi connectivity index (χ0v) is 18.9. The van der Waals surface area contributed by atoms with E-state index >= 15 is 0 Å². The van der Waals surface area contributed by atoms with E-state index < -0.39 is 6.61 Å². The highest BCUT2D eigenvalue weighted by Gasteiger charge is 2.58. The van der Waals surface area contributed by atoms with Crippen molar-refractivity contribution in [2.24, 2.45) is 17.8 Å². The van der Waals surface area contributed by atoms with Gasteiger partial charge in [0.15, 0.2) is 11.6 Å². The van der Waals surface area contributed by atoms with Gasteiger partial charge in [-0.15, -0.1) is 0 Å². The molecule has 2 aliphatic carbocycles. The minimum absolute atomic E-state index is 0.119. The number of rotatable bonds is 8. The van der Waals surface area contributed by atoms with Gasteiger partial charge in [-0.3, -0.25) is 4.90 Å². The maximum atomic E-state index is 12.6. The Morgan fingerprint density at radius 2 is 2.09 bits per heavy atom. The molecular weight excluding hydrogens is 416 g/mol. The number of alkyl halides is 2. The Labute approximate surface area is 187 Å². The number of aromatic nitrogens is 1. The molecule has 0 spiro atoms. The van der Waals surface area contributed by atoms with E-state index in [2.05, 4.69) is 40.7 Å². The van der Waals surface area contributed by atoms with Crippen molar-refractivity contribution in [3.63, 3.8) is 0 Å².